The van der Waals surface area contributed by atoms with Crippen molar-refractivity contribution in [3.05, 3.63) is 41.0 Å². The molecule has 2 heterocycles. The quantitative estimate of drug-likeness (QED) is 0.935. The topological polar surface area (TPSA) is 63.4 Å². The minimum absolute atomic E-state index is 0.114. The Bertz CT molecular complexity index is 587. The Balaban J connectivity index is 1.58. The van der Waals surface area contributed by atoms with Gasteiger partial charge in [0.05, 0.1) is 13.2 Å². The summed E-state index contributed by atoms with van der Waals surface area (Å²) in [7, 11) is 2.05. The van der Waals surface area contributed by atoms with E-state index in [1.807, 2.05) is 24.3 Å². The molecule has 1 saturated heterocycles. The molecule has 1 aromatic heterocycles. The van der Waals surface area contributed by atoms with Crippen LogP contribution in [-0.4, -0.2) is 41.8 Å². The predicted octanol–water partition coefficient (Wildman–Crippen LogP) is 2.34. The summed E-state index contributed by atoms with van der Waals surface area (Å²) in [5.41, 5.74) is 0.952. The number of likely N-dealkylation sites (N-methyl/N-ethyl adjacent to an activating group) is 1. The number of benzene rings is 1. The van der Waals surface area contributed by atoms with Gasteiger partial charge in [-0.1, -0.05) is 16.8 Å². The van der Waals surface area contributed by atoms with Gasteiger partial charge in [0.15, 0.2) is 0 Å². The molecule has 7 heteroatoms. The largest absolute Gasteiger partial charge is 0.376 e. The lowest BCUT2D eigenvalue weighted by Gasteiger charge is -2.27. The fourth-order valence-corrected chi connectivity index (χ4v) is 2.28. The zero-order valence-corrected chi connectivity index (χ0v) is 12.5. The second-order valence-electron chi connectivity index (χ2n) is 5.03. The van der Waals surface area contributed by atoms with Crippen molar-refractivity contribution in [3.63, 3.8) is 0 Å². The number of nitrogens with one attached hydrogen (secondary N) is 1. The SMILES string of the molecule is CN1CCOC(c2noc(CNc3ccc(Cl)cc3)n2)C1. The van der Waals surface area contributed by atoms with Gasteiger partial charge >= 0.3 is 0 Å². The molecule has 1 aliphatic rings. The molecule has 1 aromatic carbocycles. The summed E-state index contributed by atoms with van der Waals surface area (Å²) in [6, 6.07) is 7.46. The molecule has 1 N–H and O–H groups in total. The first-order valence-electron chi connectivity index (χ1n) is 6.83. The van der Waals surface area contributed by atoms with Crippen molar-refractivity contribution in [2.45, 2.75) is 12.6 Å². The number of morpholine rings is 1. The zero-order chi connectivity index (χ0) is 14.7. The third-order valence-electron chi connectivity index (χ3n) is 3.33. The molecule has 0 saturated carbocycles. The fraction of sp³-hybridized carbons (Fsp3) is 0.429. The van der Waals surface area contributed by atoms with Crippen LogP contribution in [0.3, 0.4) is 0 Å². The maximum absolute atomic E-state index is 5.84. The van der Waals surface area contributed by atoms with Gasteiger partial charge < -0.3 is 19.5 Å². The standard InChI is InChI=1S/C14H17ClN4O2/c1-19-6-7-20-12(9-19)14-17-13(21-18-14)8-16-11-4-2-10(15)3-5-11/h2-5,12,16H,6-9H2,1H3. The number of nitrogens with zero attached hydrogens (tertiary/aromatic N) is 3. The Morgan fingerprint density at radius 1 is 1.38 bits per heavy atom. The van der Waals surface area contributed by atoms with E-state index in [4.69, 9.17) is 20.9 Å². The molecule has 3 rings (SSSR count). The first-order valence-corrected chi connectivity index (χ1v) is 7.20. The number of ether oxygens (including phenoxy) is 1. The third-order valence-corrected chi connectivity index (χ3v) is 3.58. The van der Waals surface area contributed by atoms with Gasteiger partial charge in [0.2, 0.25) is 11.7 Å². The van der Waals surface area contributed by atoms with Crippen LogP contribution >= 0.6 is 11.6 Å². The van der Waals surface area contributed by atoms with Crippen LogP contribution < -0.4 is 5.32 Å². The summed E-state index contributed by atoms with van der Waals surface area (Å²) in [5.74, 6) is 1.14. The molecule has 0 amide bonds. The van der Waals surface area contributed by atoms with Crippen LogP contribution in [-0.2, 0) is 11.3 Å². The van der Waals surface area contributed by atoms with Crippen LogP contribution in [0.25, 0.3) is 0 Å². The van der Waals surface area contributed by atoms with Crippen molar-refractivity contribution in [2.24, 2.45) is 0 Å². The molecule has 21 heavy (non-hydrogen) atoms. The minimum atomic E-state index is -0.114. The predicted molar refractivity (Wildman–Crippen MR) is 79.3 cm³/mol. The molecule has 1 aliphatic heterocycles. The fourth-order valence-electron chi connectivity index (χ4n) is 2.15. The van der Waals surface area contributed by atoms with Crippen LogP contribution in [0.1, 0.15) is 17.8 Å². The van der Waals surface area contributed by atoms with Gasteiger partial charge in [-0.2, -0.15) is 4.98 Å². The smallest absolute Gasteiger partial charge is 0.246 e. The van der Waals surface area contributed by atoms with Crippen molar-refractivity contribution >= 4 is 17.3 Å². The Hall–Kier alpha value is -1.63. The highest BCUT2D eigenvalue weighted by Gasteiger charge is 2.24. The number of hydrogen-bond acceptors (Lipinski definition) is 6. The van der Waals surface area contributed by atoms with Crippen LogP contribution in [0, 0.1) is 0 Å². The van der Waals surface area contributed by atoms with E-state index < -0.39 is 0 Å². The molecule has 0 bridgehead atoms. The molecular formula is C14H17ClN4O2. The van der Waals surface area contributed by atoms with Gasteiger partial charge in [-0.05, 0) is 31.3 Å². The van der Waals surface area contributed by atoms with Crippen LogP contribution in [0.5, 0.6) is 0 Å². The Labute approximate surface area is 128 Å². The number of rotatable bonds is 4. The van der Waals surface area contributed by atoms with E-state index in [1.54, 1.807) is 0 Å². The molecular weight excluding hydrogens is 292 g/mol. The second kappa shape index (κ2) is 6.43. The van der Waals surface area contributed by atoms with E-state index in [1.165, 1.54) is 0 Å². The van der Waals surface area contributed by atoms with Crippen LogP contribution in [0.4, 0.5) is 5.69 Å². The number of aromatic nitrogens is 2. The highest BCUT2D eigenvalue weighted by Crippen LogP contribution is 2.19. The number of halogens is 1. The number of hydrogen-bond donors (Lipinski definition) is 1. The highest BCUT2D eigenvalue weighted by atomic mass is 35.5. The van der Waals surface area contributed by atoms with Gasteiger partial charge in [0, 0.05) is 23.8 Å². The van der Waals surface area contributed by atoms with Crippen molar-refractivity contribution in [1.29, 1.82) is 0 Å². The van der Waals surface area contributed by atoms with Gasteiger partial charge in [0.25, 0.3) is 0 Å². The monoisotopic (exact) mass is 308 g/mol. The Morgan fingerprint density at radius 2 is 2.19 bits per heavy atom. The summed E-state index contributed by atoms with van der Waals surface area (Å²) in [6.45, 7) is 2.87. The van der Waals surface area contributed by atoms with Crippen molar-refractivity contribution in [1.82, 2.24) is 15.0 Å². The summed E-state index contributed by atoms with van der Waals surface area (Å²) in [5, 5.41) is 7.92. The zero-order valence-electron chi connectivity index (χ0n) is 11.8. The van der Waals surface area contributed by atoms with Crippen molar-refractivity contribution < 1.29 is 9.26 Å². The van der Waals surface area contributed by atoms with E-state index in [9.17, 15) is 0 Å². The summed E-state index contributed by atoms with van der Waals surface area (Å²) < 4.78 is 10.9. The summed E-state index contributed by atoms with van der Waals surface area (Å²) in [6.07, 6.45) is -0.114. The van der Waals surface area contributed by atoms with E-state index in [-0.39, 0.29) is 6.10 Å². The minimum Gasteiger partial charge on any atom is -0.376 e. The second-order valence-corrected chi connectivity index (χ2v) is 5.46. The molecule has 0 radical (unpaired) electrons. The molecule has 112 valence electrons. The number of anilines is 1. The van der Waals surface area contributed by atoms with E-state index in [2.05, 4.69) is 27.4 Å². The van der Waals surface area contributed by atoms with Gasteiger partial charge in [0.1, 0.15) is 6.10 Å². The lowest BCUT2D eigenvalue weighted by molar-refractivity contribution is -0.0264. The molecule has 0 spiro atoms. The van der Waals surface area contributed by atoms with Gasteiger partial charge in [-0.15, -0.1) is 0 Å². The first kappa shape index (κ1) is 14.3. The Kier molecular flexibility index (Phi) is 4.38. The Morgan fingerprint density at radius 3 is 2.95 bits per heavy atom. The van der Waals surface area contributed by atoms with E-state index in [0.29, 0.717) is 29.9 Å². The normalized spacial score (nSPS) is 19.6. The van der Waals surface area contributed by atoms with E-state index in [0.717, 1.165) is 18.8 Å². The molecule has 1 unspecified atom stereocenters. The summed E-state index contributed by atoms with van der Waals surface area (Å²) in [4.78, 5) is 6.57. The molecule has 1 fully saturated rings. The summed E-state index contributed by atoms with van der Waals surface area (Å²) >= 11 is 5.84. The van der Waals surface area contributed by atoms with Crippen molar-refractivity contribution in [2.75, 3.05) is 32.1 Å². The molecule has 2 aromatic rings. The van der Waals surface area contributed by atoms with Crippen molar-refractivity contribution in [3.8, 4) is 0 Å². The van der Waals surface area contributed by atoms with Crippen LogP contribution in [0.15, 0.2) is 28.8 Å². The maximum Gasteiger partial charge on any atom is 0.246 e. The van der Waals surface area contributed by atoms with Gasteiger partial charge in [-0.25, -0.2) is 0 Å². The molecule has 1 atom stereocenters. The molecule has 6 nitrogen and oxygen atoms in total. The lowest BCUT2D eigenvalue weighted by Crippen LogP contribution is -2.35. The van der Waals surface area contributed by atoms with Crippen LogP contribution in [0.2, 0.25) is 5.02 Å². The third kappa shape index (κ3) is 3.72. The first-order chi connectivity index (χ1) is 10.2. The average Bonchev–Trinajstić information content (AvgIpc) is 2.96. The highest BCUT2D eigenvalue weighted by molar-refractivity contribution is 6.30. The maximum atomic E-state index is 5.84. The van der Waals surface area contributed by atoms with E-state index >= 15 is 0 Å². The van der Waals surface area contributed by atoms with Gasteiger partial charge in [-0.3, -0.25) is 0 Å². The average molecular weight is 309 g/mol. The lowest BCUT2D eigenvalue weighted by atomic mass is 10.3. The molecule has 0 aliphatic carbocycles.